The van der Waals surface area contributed by atoms with Gasteiger partial charge in [-0.3, -0.25) is 0 Å². The molecule has 2 aromatic rings. The molecule has 0 bridgehead atoms. The van der Waals surface area contributed by atoms with E-state index in [1.807, 2.05) is 13.1 Å². The SMILES string of the molecule is CCC1CCCC(C(NC)c2cc3cc(F)ccc3o2)C1. The van der Waals surface area contributed by atoms with Gasteiger partial charge in [0.05, 0.1) is 6.04 Å². The van der Waals surface area contributed by atoms with Crippen LogP contribution in [0.5, 0.6) is 0 Å². The van der Waals surface area contributed by atoms with Crippen LogP contribution in [-0.2, 0) is 0 Å². The Labute approximate surface area is 125 Å². The number of furan rings is 1. The molecule has 1 N–H and O–H groups in total. The molecular formula is C18H24FNO. The fourth-order valence-electron chi connectivity index (χ4n) is 3.80. The third-order valence-corrected chi connectivity index (χ3v) is 4.99. The van der Waals surface area contributed by atoms with Gasteiger partial charge in [-0.25, -0.2) is 4.39 Å². The summed E-state index contributed by atoms with van der Waals surface area (Å²) in [5.41, 5.74) is 0.773. The number of rotatable bonds is 4. The van der Waals surface area contributed by atoms with Crippen LogP contribution in [0.25, 0.3) is 11.0 Å². The van der Waals surface area contributed by atoms with E-state index in [-0.39, 0.29) is 11.9 Å². The Morgan fingerprint density at radius 3 is 2.95 bits per heavy atom. The lowest BCUT2D eigenvalue weighted by Crippen LogP contribution is -2.29. The van der Waals surface area contributed by atoms with E-state index in [0.29, 0.717) is 5.92 Å². The van der Waals surface area contributed by atoms with Crippen LogP contribution in [0, 0.1) is 17.7 Å². The van der Waals surface area contributed by atoms with Crippen molar-refractivity contribution >= 4 is 11.0 Å². The van der Waals surface area contributed by atoms with Gasteiger partial charge in [0.15, 0.2) is 0 Å². The van der Waals surface area contributed by atoms with E-state index in [2.05, 4.69) is 12.2 Å². The minimum atomic E-state index is -0.209. The Kier molecular flexibility index (Phi) is 4.29. The molecular weight excluding hydrogens is 265 g/mol. The van der Waals surface area contributed by atoms with Gasteiger partial charge in [-0.15, -0.1) is 0 Å². The molecule has 1 heterocycles. The summed E-state index contributed by atoms with van der Waals surface area (Å²) in [4.78, 5) is 0. The molecule has 3 rings (SSSR count). The molecule has 0 radical (unpaired) electrons. The smallest absolute Gasteiger partial charge is 0.134 e. The fourth-order valence-corrected chi connectivity index (χ4v) is 3.80. The molecule has 1 fully saturated rings. The zero-order chi connectivity index (χ0) is 14.8. The van der Waals surface area contributed by atoms with Gasteiger partial charge in [0, 0.05) is 5.39 Å². The van der Waals surface area contributed by atoms with Crippen LogP contribution in [0.4, 0.5) is 4.39 Å². The minimum absolute atomic E-state index is 0.209. The summed E-state index contributed by atoms with van der Waals surface area (Å²) in [6.07, 6.45) is 6.42. The van der Waals surface area contributed by atoms with Gasteiger partial charge in [-0.2, -0.15) is 0 Å². The highest BCUT2D eigenvalue weighted by Gasteiger charge is 2.29. The number of hydrogen-bond acceptors (Lipinski definition) is 2. The van der Waals surface area contributed by atoms with Gasteiger partial charge in [0.2, 0.25) is 0 Å². The predicted octanol–water partition coefficient (Wildman–Crippen LogP) is 5.05. The second-order valence-electron chi connectivity index (χ2n) is 6.30. The van der Waals surface area contributed by atoms with Crippen molar-refractivity contribution in [2.24, 2.45) is 11.8 Å². The summed E-state index contributed by atoms with van der Waals surface area (Å²) in [6, 6.07) is 6.95. The van der Waals surface area contributed by atoms with Gasteiger partial charge in [-0.1, -0.05) is 26.2 Å². The molecule has 1 aliphatic rings. The molecule has 1 aliphatic carbocycles. The molecule has 3 unspecified atom stereocenters. The van der Waals surface area contributed by atoms with Gasteiger partial charge >= 0.3 is 0 Å². The van der Waals surface area contributed by atoms with Crippen molar-refractivity contribution in [1.82, 2.24) is 5.32 Å². The molecule has 3 heteroatoms. The lowest BCUT2D eigenvalue weighted by molar-refractivity contribution is 0.201. The van der Waals surface area contributed by atoms with Crippen molar-refractivity contribution in [2.45, 2.75) is 45.1 Å². The van der Waals surface area contributed by atoms with Crippen LogP contribution in [-0.4, -0.2) is 7.05 Å². The van der Waals surface area contributed by atoms with E-state index in [4.69, 9.17) is 4.42 Å². The zero-order valence-electron chi connectivity index (χ0n) is 12.9. The lowest BCUT2D eigenvalue weighted by Gasteiger charge is -2.33. The number of nitrogens with one attached hydrogen (secondary N) is 1. The summed E-state index contributed by atoms with van der Waals surface area (Å²) in [7, 11) is 1.99. The molecule has 114 valence electrons. The molecule has 0 saturated heterocycles. The van der Waals surface area contributed by atoms with Crippen LogP contribution in [0.2, 0.25) is 0 Å². The standard InChI is InChI=1S/C18H24FNO/c1-3-12-5-4-6-13(9-12)18(20-2)17-11-14-10-15(19)7-8-16(14)21-17/h7-8,10-13,18,20H,3-6,9H2,1-2H3. The number of benzene rings is 1. The first-order valence-electron chi connectivity index (χ1n) is 8.07. The van der Waals surface area contributed by atoms with E-state index in [9.17, 15) is 4.39 Å². The Balaban J connectivity index is 1.87. The molecule has 0 spiro atoms. The van der Waals surface area contributed by atoms with Gasteiger partial charge in [0.1, 0.15) is 17.2 Å². The average Bonchev–Trinajstić information content (AvgIpc) is 2.91. The lowest BCUT2D eigenvalue weighted by atomic mass is 9.76. The summed E-state index contributed by atoms with van der Waals surface area (Å²) < 4.78 is 19.3. The van der Waals surface area contributed by atoms with Crippen LogP contribution in [0.1, 0.15) is 50.8 Å². The maximum atomic E-state index is 13.3. The van der Waals surface area contributed by atoms with E-state index in [1.54, 1.807) is 12.1 Å². The van der Waals surface area contributed by atoms with E-state index >= 15 is 0 Å². The van der Waals surface area contributed by atoms with Crippen molar-refractivity contribution in [3.63, 3.8) is 0 Å². The summed E-state index contributed by atoms with van der Waals surface area (Å²) in [5.74, 6) is 2.18. The fraction of sp³-hybridized carbons (Fsp3) is 0.556. The Hall–Kier alpha value is -1.35. The molecule has 3 atom stereocenters. The maximum Gasteiger partial charge on any atom is 0.134 e. The van der Waals surface area contributed by atoms with E-state index in [1.165, 1.54) is 38.2 Å². The quantitative estimate of drug-likeness (QED) is 0.852. The molecule has 0 amide bonds. The first-order valence-corrected chi connectivity index (χ1v) is 8.07. The molecule has 1 aromatic carbocycles. The number of halogens is 1. The van der Waals surface area contributed by atoms with Crippen molar-refractivity contribution < 1.29 is 8.81 Å². The van der Waals surface area contributed by atoms with Gasteiger partial charge < -0.3 is 9.73 Å². The minimum Gasteiger partial charge on any atom is -0.459 e. The Morgan fingerprint density at radius 1 is 1.33 bits per heavy atom. The van der Waals surface area contributed by atoms with Crippen LogP contribution in [0.15, 0.2) is 28.7 Å². The topological polar surface area (TPSA) is 25.2 Å². The van der Waals surface area contributed by atoms with E-state index < -0.39 is 0 Å². The number of hydrogen-bond donors (Lipinski definition) is 1. The van der Waals surface area contributed by atoms with Gasteiger partial charge in [0.25, 0.3) is 0 Å². The second kappa shape index (κ2) is 6.18. The molecule has 21 heavy (non-hydrogen) atoms. The zero-order valence-corrected chi connectivity index (χ0v) is 12.9. The Bertz CT molecular complexity index is 606. The second-order valence-corrected chi connectivity index (χ2v) is 6.30. The predicted molar refractivity (Wildman–Crippen MR) is 83.7 cm³/mol. The maximum absolute atomic E-state index is 13.3. The first kappa shape index (κ1) is 14.6. The van der Waals surface area contributed by atoms with Crippen molar-refractivity contribution in [1.29, 1.82) is 0 Å². The van der Waals surface area contributed by atoms with Crippen molar-refractivity contribution in [2.75, 3.05) is 7.05 Å². The van der Waals surface area contributed by atoms with Crippen LogP contribution < -0.4 is 5.32 Å². The molecule has 1 aromatic heterocycles. The van der Waals surface area contributed by atoms with Crippen LogP contribution in [0.3, 0.4) is 0 Å². The average molecular weight is 289 g/mol. The van der Waals surface area contributed by atoms with Gasteiger partial charge in [-0.05, 0) is 56.0 Å². The molecule has 1 saturated carbocycles. The summed E-state index contributed by atoms with van der Waals surface area (Å²) in [6.45, 7) is 2.28. The monoisotopic (exact) mass is 289 g/mol. The third kappa shape index (κ3) is 2.98. The highest BCUT2D eigenvalue weighted by molar-refractivity contribution is 5.78. The third-order valence-electron chi connectivity index (χ3n) is 4.99. The summed E-state index contributed by atoms with van der Waals surface area (Å²) >= 11 is 0. The largest absolute Gasteiger partial charge is 0.459 e. The summed E-state index contributed by atoms with van der Waals surface area (Å²) in [5, 5.41) is 4.28. The number of fused-ring (bicyclic) bond motifs is 1. The Morgan fingerprint density at radius 2 is 2.19 bits per heavy atom. The highest BCUT2D eigenvalue weighted by Crippen LogP contribution is 2.39. The molecule has 2 nitrogen and oxygen atoms in total. The van der Waals surface area contributed by atoms with Crippen LogP contribution >= 0.6 is 0 Å². The molecule has 0 aliphatic heterocycles. The van der Waals surface area contributed by atoms with E-state index in [0.717, 1.165) is 22.6 Å². The highest BCUT2D eigenvalue weighted by atomic mass is 19.1. The van der Waals surface area contributed by atoms with Crippen molar-refractivity contribution in [3.05, 3.63) is 35.8 Å². The first-order chi connectivity index (χ1) is 10.2. The normalized spacial score (nSPS) is 24.3. The van der Waals surface area contributed by atoms with Crippen molar-refractivity contribution in [3.8, 4) is 0 Å².